The lowest BCUT2D eigenvalue weighted by Gasteiger charge is -2.27. The molecule has 1 aliphatic rings. The van der Waals surface area contributed by atoms with Crippen LogP contribution in [-0.4, -0.2) is 45.3 Å². The summed E-state index contributed by atoms with van der Waals surface area (Å²) in [4.78, 5) is 26.7. The molecule has 0 fully saturated rings. The number of aromatic nitrogens is 3. The van der Waals surface area contributed by atoms with E-state index in [9.17, 15) is 9.59 Å². The molecule has 0 bridgehead atoms. The van der Waals surface area contributed by atoms with Gasteiger partial charge >= 0.3 is 5.97 Å². The number of carbonyl (C=O) groups excluding carboxylic acids is 2. The van der Waals surface area contributed by atoms with E-state index in [0.29, 0.717) is 57.6 Å². The van der Waals surface area contributed by atoms with Crippen molar-refractivity contribution < 1.29 is 18.8 Å². The fourth-order valence-electron chi connectivity index (χ4n) is 3.60. The van der Waals surface area contributed by atoms with Crippen molar-refractivity contribution >= 4 is 35.1 Å². The molecule has 0 spiro atoms. The van der Waals surface area contributed by atoms with Gasteiger partial charge in [-0.15, -0.1) is 0 Å². The van der Waals surface area contributed by atoms with Gasteiger partial charge in [-0.3, -0.25) is 9.89 Å². The molecule has 0 radical (unpaired) electrons. The van der Waals surface area contributed by atoms with Gasteiger partial charge < -0.3 is 14.2 Å². The molecule has 0 atom stereocenters. The molecule has 0 saturated heterocycles. The average Bonchev–Trinajstić information content (AvgIpc) is 3.41. The second kappa shape index (κ2) is 9.18. The Morgan fingerprint density at radius 3 is 2.88 bits per heavy atom. The highest BCUT2D eigenvalue weighted by Crippen LogP contribution is 2.32. The van der Waals surface area contributed by atoms with Crippen molar-refractivity contribution in [2.75, 3.05) is 13.2 Å². The molecule has 1 aromatic carbocycles. The van der Waals surface area contributed by atoms with Crippen LogP contribution in [0.5, 0.6) is 0 Å². The Labute approximate surface area is 194 Å². The molecule has 1 N–H and O–H groups in total. The number of hydrogen-bond acceptors (Lipinski definition) is 6. The Balaban J connectivity index is 1.58. The highest BCUT2D eigenvalue weighted by atomic mass is 35.5. The van der Waals surface area contributed by atoms with Crippen molar-refractivity contribution in [3.63, 3.8) is 0 Å². The van der Waals surface area contributed by atoms with E-state index in [0.717, 1.165) is 11.3 Å². The maximum atomic E-state index is 13.0. The second-order valence-corrected chi connectivity index (χ2v) is 8.13. The first kappa shape index (κ1) is 22.1. The van der Waals surface area contributed by atoms with Crippen molar-refractivity contribution in [2.24, 2.45) is 0 Å². The van der Waals surface area contributed by atoms with E-state index in [1.54, 1.807) is 30.0 Å². The summed E-state index contributed by atoms with van der Waals surface area (Å²) in [5, 5.41) is 12.2. The fraction of sp³-hybridized carbons (Fsp3) is 0.273. The standard InChI is InChI=1S/C22H20Cl2N4O4/c1-3-31-22(30)12(2)8-14-11-32-27-19(14)20-15-10-28(7-6-18(15)25-26-20)21(29)13-4-5-16(23)17(24)9-13/h4-5,9,11H,2-3,6-8,10H2,1H3,(H,25,26). The highest BCUT2D eigenvalue weighted by molar-refractivity contribution is 6.42. The highest BCUT2D eigenvalue weighted by Gasteiger charge is 2.29. The van der Waals surface area contributed by atoms with Gasteiger partial charge in [0.25, 0.3) is 5.91 Å². The Bertz CT molecular complexity index is 1200. The number of carbonyl (C=O) groups is 2. The van der Waals surface area contributed by atoms with E-state index in [4.69, 9.17) is 32.5 Å². The summed E-state index contributed by atoms with van der Waals surface area (Å²) >= 11 is 12.0. The molecule has 10 heteroatoms. The predicted octanol–water partition coefficient (Wildman–Crippen LogP) is 4.23. The number of H-pyrrole nitrogens is 1. The van der Waals surface area contributed by atoms with Crippen LogP contribution in [0.1, 0.15) is 34.1 Å². The van der Waals surface area contributed by atoms with E-state index in [2.05, 4.69) is 21.9 Å². The summed E-state index contributed by atoms with van der Waals surface area (Å²) in [6.45, 7) is 6.65. The molecule has 3 aromatic rings. The molecular formula is C22H20Cl2N4O4. The molecule has 4 rings (SSSR count). The summed E-state index contributed by atoms with van der Waals surface area (Å²) < 4.78 is 10.2. The molecule has 8 nitrogen and oxygen atoms in total. The lowest BCUT2D eigenvalue weighted by molar-refractivity contribution is -0.138. The van der Waals surface area contributed by atoms with Crippen LogP contribution in [0, 0.1) is 0 Å². The zero-order chi connectivity index (χ0) is 22.8. The lowest BCUT2D eigenvalue weighted by Crippen LogP contribution is -2.36. The van der Waals surface area contributed by atoms with Gasteiger partial charge in [0.05, 0.1) is 34.6 Å². The number of nitrogens with one attached hydrogen (secondary N) is 1. The topological polar surface area (TPSA) is 101 Å². The van der Waals surface area contributed by atoms with Gasteiger partial charge in [-0.05, 0) is 25.1 Å². The van der Waals surface area contributed by atoms with Crippen LogP contribution >= 0.6 is 23.2 Å². The third-order valence-electron chi connectivity index (χ3n) is 5.22. The molecule has 32 heavy (non-hydrogen) atoms. The molecule has 1 amide bonds. The van der Waals surface area contributed by atoms with E-state index in [1.807, 2.05) is 0 Å². The molecular weight excluding hydrogens is 455 g/mol. The zero-order valence-electron chi connectivity index (χ0n) is 17.3. The number of rotatable bonds is 6. The molecule has 0 aliphatic carbocycles. The van der Waals surface area contributed by atoms with Gasteiger partial charge in [-0.25, -0.2) is 4.79 Å². The number of amides is 1. The van der Waals surface area contributed by atoms with Gasteiger partial charge in [0.1, 0.15) is 12.0 Å². The summed E-state index contributed by atoms with van der Waals surface area (Å²) in [5.41, 5.74) is 4.29. The number of hydrogen-bond donors (Lipinski definition) is 1. The first-order valence-corrected chi connectivity index (χ1v) is 10.7. The Hall–Kier alpha value is -3.10. The lowest BCUT2D eigenvalue weighted by atomic mass is 9.99. The Morgan fingerprint density at radius 1 is 1.31 bits per heavy atom. The second-order valence-electron chi connectivity index (χ2n) is 7.32. The number of benzene rings is 1. The molecule has 166 valence electrons. The van der Waals surface area contributed by atoms with Gasteiger partial charge in [0.15, 0.2) is 0 Å². The van der Waals surface area contributed by atoms with Crippen molar-refractivity contribution in [3.8, 4) is 11.4 Å². The first-order chi connectivity index (χ1) is 15.4. The van der Waals surface area contributed by atoms with Crippen LogP contribution in [0.2, 0.25) is 10.0 Å². The number of esters is 1. The number of fused-ring (bicyclic) bond motifs is 1. The van der Waals surface area contributed by atoms with Gasteiger partial charge in [0.2, 0.25) is 0 Å². The molecule has 0 saturated carbocycles. The molecule has 2 aromatic heterocycles. The average molecular weight is 475 g/mol. The van der Waals surface area contributed by atoms with Gasteiger partial charge in [0, 0.05) is 41.6 Å². The largest absolute Gasteiger partial charge is 0.463 e. The van der Waals surface area contributed by atoms with Gasteiger partial charge in [-0.2, -0.15) is 5.10 Å². The summed E-state index contributed by atoms with van der Waals surface area (Å²) in [6.07, 6.45) is 2.27. The number of aromatic amines is 1. The Kier molecular flexibility index (Phi) is 6.34. The van der Waals surface area contributed by atoms with Crippen LogP contribution in [-0.2, 0) is 28.9 Å². The van der Waals surface area contributed by atoms with Crippen LogP contribution in [0.4, 0.5) is 0 Å². The van der Waals surface area contributed by atoms with Crippen molar-refractivity contribution in [3.05, 3.63) is 69.0 Å². The minimum Gasteiger partial charge on any atom is -0.463 e. The van der Waals surface area contributed by atoms with Crippen molar-refractivity contribution in [2.45, 2.75) is 26.3 Å². The zero-order valence-corrected chi connectivity index (χ0v) is 18.8. The van der Waals surface area contributed by atoms with E-state index < -0.39 is 5.97 Å². The van der Waals surface area contributed by atoms with E-state index in [1.165, 1.54) is 6.26 Å². The normalized spacial score (nSPS) is 13.0. The third kappa shape index (κ3) is 4.28. The maximum Gasteiger partial charge on any atom is 0.333 e. The molecule has 3 heterocycles. The summed E-state index contributed by atoms with van der Waals surface area (Å²) in [5.74, 6) is -0.623. The van der Waals surface area contributed by atoms with E-state index >= 15 is 0 Å². The number of halogens is 2. The SMILES string of the molecule is C=C(Cc1conc1-c1[nH]nc2c1CN(C(=O)c1ccc(Cl)c(Cl)c1)CC2)C(=O)OCC. The van der Waals surface area contributed by atoms with Crippen molar-refractivity contribution in [1.29, 1.82) is 0 Å². The molecule has 1 aliphatic heterocycles. The van der Waals surface area contributed by atoms with E-state index in [-0.39, 0.29) is 18.9 Å². The van der Waals surface area contributed by atoms with Crippen LogP contribution in [0.15, 0.2) is 41.1 Å². The van der Waals surface area contributed by atoms with Crippen LogP contribution in [0.25, 0.3) is 11.4 Å². The maximum absolute atomic E-state index is 13.0. The fourth-order valence-corrected chi connectivity index (χ4v) is 3.89. The minimum atomic E-state index is -0.468. The predicted molar refractivity (Wildman–Crippen MR) is 118 cm³/mol. The Morgan fingerprint density at radius 2 is 2.12 bits per heavy atom. The number of nitrogens with zero attached hydrogens (tertiary/aromatic N) is 3. The van der Waals surface area contributed by atoms with Crippen LogP contribution < -0.4 is 0 Å². The summed E-state index contributed by atoms with van der Waals surface area (Å²) in [7, 11) is 0. The quantitative estimate of drug-likeness (QED) is 0.423. The third-order valence-corrected chi connectivity index (χ3v) is 5.96. The van der Waals surface area contributed by atoms with Crippen LogP contribution in [0.3, 0.4) is 0 Å². The number of ether oxygens (including phenoxy) is 1. The summed E-state index contributed by atoms with van der Waals surface area (Å²) in [6, 6.07) is 4.82. The minimum absolute atomic E-state index is 0.155. The van der Waals surface area contributed by atoms with Gasteiger partial charge in [-0.1, -0.05) is 34.9 Å². The monoisotopic (exact) mass is 474 g/mol. The smallest absolute Gasteiger partial charge is 0.333 e. The molecule has 0 unspecified atom stereocenters. The van der Waals surface area contributed by atoms with Crippen molar-refractivity contribution in [1.82, 2.24) is 20.3 Å². The first-order valence-electron chi connectivity index (χ1n) is 9.98.